The molecule has 0 radical (unpaired) electrons. The van der Waals surface area contributed by atoms with Crippen molar-refractivity contribution in [2.45, 2.75) is 139 Å². The first-order chi connectivity index (χ1) is 31.2. The number of hydrogen-bond donors (Lipinski definition) is 3. The van der Waals surface area contributed by atoms with Gasteiger partial charge in [0.1, 0.15) is 47.7 Å². The second-order valence-corrected chi connectivity index (χ2v) is 16.5. The van der Waals surface area contributed by atoms with E-state index in [1.165, 1.54) is 6.07 Å². The highest BCUT2D eigenvalue weighted by Crippen LogP contribution is 2.42. The van der Waals surface area contributed by atoms with Gasteiger partial charge in [-0.05, 0) is 95.7 Å². The first-order valence-electron chi connectivity index (χ1n) is 23.3. The van der Waals surface area contributed by atoms with E-state index in [4.69, 9.17) is 38.6 Å². The molecule has 14 nitrogen and oxygen atoms in total. The fourth-order valence-electron chi connectivity index (χ4n) is 7.44. The Morgan fingerprint density at radius 3 is 1.28 bits per heavy atom. The van der Waals surface area contributed by atoms with E-state index in [0.29, 0.717) is 48.1 Å². The Bertz CT molecular complexity index is 2230. The molecule has 3 atom stereocenters. The molecule has 1 heterocycles. The molecule has 4 rings (SSSR count). The zero-order valence-electron chi connectivity index (χ0n) is 39.8. The van der Waals surface area contributed by atoms with Gasteiger partial charge in [0.2, 0.25) is 6.79 Å². The molecule has 0 amide bonds. The summed E-state index contributed by atoms with van der Waals surface area (Å²) in [6, 6.07) is 9.49. The first-order valence-corrected chi connectivity index (χ1v) is 23.3. The molecule has 3 N–H and O–H groups in total. The molecular weight excluding hydrogens is 831 g/mol. The SMILES string of the molecule is CCCCC(CC)C(=O)OCCOc1ccc(-c2nc(-c3ccc(OCOC(=O)C(CC)CCCC)c(C)c3O)nc(-c3ccc(OC(=O)C(CC)CCCC)c(C)c3O)n2)c(O)c1C. The maximum absolute atomic E-state index is 13.1. The van der Waals surface area contributed by atoms with Crippen LogP contribution in [0.4, 0.5) is 0 Å². The van der Waals surface area contributed by atoms with Crippen LogP contribution < -0.4 is 14.2 Å². The minimum atomic E-state index is -0.374. The average molecular weight is 900 g/mol. The lowest BCUT2D eigenvalue weighted by Crippen LogP contribution is -2.20. The molecule has 3 unspecified atom stereocenters. The Morgan fingerprint density at radius 2 is 0.862 bits per heavy atom. The van der Waals surface area contributed by atoms with E-state index in [-0.39, 0.29) is 119 Å². The van der Waals surface area contributed by atoms with Crippen molar-refractivity contribution in [2.75, 3.05) is 20.0 Å². The quantitative estimate of drug-likeness (QED) is 0.0233. The number of carbonyl (C=O) groups is 3. The standard InChI is InChI=1S/C51H69N3O11/c1-10-16-19-34(13-4)49(58)62-29-28-61-40-25-22-37(43(55)31(40)7)46-52-47(38-23-26-41(32(8)44(38)56)63-30-64-50(59)35(14-5)20-17-11-2)54-48(53-46)39-24-27-42(33(9)45(39)57)65-51(60)36(15-6)21-18-12-3/h22-27,34-36,55-57H,10-21,28-30H2,1-9H3. The van der Waals surface area contributed by atoms with Crippen LogP contribution in [0.3, 0.4) is 0 Å². The molecule has 0 fully saturated rings. The van der Waals surface area contributed by atoms with Crippen LogP contribution in [0.5, 0.6) is 34.5 Å². The van der Waals surface area contributed by atoms with Gasteiger partial charge in [0, 0.05) is 16.7 Å². The number of esters is 3. The summed E-state index contributed by atoms with van der Waals surface area (Å²) in [6.07, 6.45) is 9.85. The van der Waals surface area contributed by atoms with Crippen LogP contribution in [0.2, 0.25) is 0 Å². The molecule has 0 bridgehead atoms. The van der Waals surface area contributed by atoms with Crippen LogP contribution in [-0.2, 0) is 23.9 Å². The highest BCUT2D eigenvalue weighted by Gasteiger charge is 2.25. The number of rotatable bonds is 26. The highest BCUT2D eigenvalue weighted by atomic mass is 16.7. The summed E-state index contributed by atoms with van der Waals surface area (Å²) < 4.78 is 28.4. The lowest BCUT2D eigenvalue weighted by atomic mass is 9.99. The summed E-state index contributed by atoms with van der Waals surface area (Å²) in [5.74, 6) is -1.44. The summed E-state index contributed by atoms with van der Waals surface area (Å²) in [5, 5.41) is 34.8. The fraction of sp³-hybridized carbons (Fsp3) is 0.529. The van der Waals surface area contributed by atoms with Gasteiger partial charge in [-0.3, -0.25) is 14.4 Å². The second-order valence-electron chi connectivity index (χ2n) is 16.5. The zero-order valence-corrected chi connectivity index (χ0v) is 39.8. The van der Waals surface area contributed by atoms with E-state index >= 15 is 0 Å². The predicted molar refractivity (Wildman–Crippen MR) is 249 cm³/mol. The van der Waals surface area contributed by atoms with Crippen molar-refractivity contribution in [3.63, 3.8) is 0 Å². The second kappa shape index (κ2) is 25.5. The Labute approximate surface area is 384 Å². The van der Waals surface area contributed by atoms with E-state index in [1.54, 1.807) is 51.1 Å². The van der Waals surface area contributed by atoms with Crippen LogP contribution in [0.15, 0.2) is 36.4 Å². The van der Waals surface area contributed by atoms with Gasteiger partial charge in [0.25, 0.3) is 0 Å². The third-order valence-corrected chi connectivity index (χ3v) is 11.9. The number of aromatic hydroxyl groups is 3. The van der Waals surface area contributed by atoms with Crippen molar-refractivity contribution in [3.8, 4) is 68.7 Å². The first kappa shape index (κ1) is 51.7. The number of phenols is 3. The Hall–Kier alpha value is -5.92. The monoisotopic (exact) mass is 899 g/mol. The molecule has 0 saturated heterocycles. The molecule has 0 aliphatic rings. The lowest BCUT2D eigenvalue weighted by molar-refractivity contribution is -0.155. The summed E-state index contributed by atoms with van der Waals surface area (Å²) in [7, 11) is 0. The van der Waals surface area contributed by atoms with Crippen molar-refractivity contribution in [2.24, 2.45) is 17.8 Å². The third-order valence-electron chi connectivity index (χ3n) is 11.9. The number of hydrogen-bond acceptors (Lipinski definition) is 14. The number of unbranched alkanes of at least 4 members (excludes halogenated alkanes) is 3. The van der Waals surface area contributed by atoms with Gasteiger partial charge in [-0.2, -0.15) is 0 Å². The number of ether oxygens (including phenoxy) is 5. The maximum atomic E-state index is 13.1. The van der Waals surface area contributed by atoms with Crippen molar-refractivity contribution < 1.29 is 53.4 Å². The minimum absolute atomic E-state index is 0.000726. The molecule has 0 spiro atoms. The molecule has 14 heteroatoms. The lowest BCUT2D eigenvalue weighted by Gasteiger charge is -2.17. The summed E-state index contributed by atoms with van der Waals surface area (Å²) >= 11 is 0. The summed E-state index contributed by atoms with van der Waals surface area (Å²) in [4.78, 5) is 52.5. The van der Waals surface area contributed by atoms with E-state index in [9.17, 15) is 29.7 Å². The van der Waals surface area contributed by atoms with Gasteiger partial charge >= 0.3 is 17.9 Å². The Kier molecular flexibility index (Phi) is 20.3. The van der Waals surface area contributed by atoms with Crippen LogP contribution >= 0.6 is 0 Å². The van der Waals surface area contributed by atoms with Crippen LogP contribution in [0.25, 0.3) is 34.2 Å². The average Bonchev–Trinajstić information content (AvgIpc) is 3.30. The van der Waals surface area contributed by atoms with Gasteiger partial charge in [-0.15, -0.1) is 0 Å². The molecule has 4 aromatic rings. The number of nitrogens with zero attached hydrogens (tertiary/aromatic N) is 3. The molecule has 3 aromatic carbocycles. The summed E-state index contributed by atoms with van der Waals surface area (Å²) in [5.41, 5.74) is 1.56. The van der Waals surface area contributed by atoms with Gasteiger partial charge < -0.3 is 39.0 Å². The third kappa shape index (κ3) is 13.6. The minimum Gasteiger partial charge on any atom is -0.507 e. The fourth-order valence-corrected chi connectivity index (χ4v) is 7.44. The van der Waals surface area contributed by atoms with Gasteiger partial charge in [0.15, 0.2) is 17.5 Å². The molecule has 354 valence electrons. The topological polar surface area (TPSA) is 197 Å². The van der Waals surface area contributed by atoms with E-state index in [0.717, 1.165) is 51.4 Å². The summed E-state index contributed by atoms with van der Waals surface area (Å²) in [6.45, 7) is 16.8. The van der Waals surface area contributed by atoms with Crippen molar-refractivity contribution in [1.82, 2.24) is 15.0 Å². The molecule has 65 heavy (non-hydrogen) atoms. The van der Waals surface area contributed by atoms with Crippen molar-refractivity contribution in [1.29, 1.82) is 0 Å². The maximum Gasteiger partial charge on any atom is 0.314 e. The number of phenolic OH excluding ortho intramolecular Hbond substituents is 3. The highest BCUT2D eigenvalue weighted by molar-refractivity contribution is 5.79. The van der Waals surface area contributed by atoms with E-state index in [2.05, 4.69) is 20.8 Å². The Morgan fingerprint density at radius 1 is 0.492 bits per heavy atom. The van der Waals surface area contributed by atoms with Gasteiger partial charge in [0.05, 0.1) is 34.4 Å². The van der Waals surface area contributed by atoms with Crippen LogP contribution in [0.1, 0.15) is 135 Å². The number of carbonyl (C=O) groups excluding carboxylic acids is 3. The largest absolute Gasteiger partial charge is 0.507 e. The Balaban J connectivity index is 1.71. The molecule has 1 aromatic heterocycles. The number of aromatic nitrogens is 3. The molecule has 0 saturated carbocycles. The zero-order chi connectivity index (χ0) is 47.6. The van der Waals surface area contributed by atoms with E-state index < -0.39 is 0 Å². The van der Waals surface area contributed by atoms with Crippen LogP contribution in [0, 0.1) is 38.5 Å². The molecule has 0 aliphatic heterocycles. The van der Waals surface area contributed by atoms with Crippen LogP contribution in [-0.4, -0.2) is 68.2 Å². The van der Waals surface area contributed by atoms with Gasteiger partial charge in [-0.1, -0.05) is 80.1 Å². The smallest absolute Gasteiger partial charge is 0.314 e. The van der Waals surface area contributed by atoms with E-state index in [1.807, 2.05) is 20.8 Å². The van der Waals surface area contributed by atoms with Gasteiger partial charge in [-0.25, -0.2) is 15.0 Å². The normalized spacial score (nSPS) is 12.6. The van der Waals surface area contributed by atoms with Crippen molar-refractivity contribution in [3.05, 3.63) is 53.1 Å². The molecular formula is C51H69N3O11. The predicted octanol–water partition coefficient (Wildman–Crippen LogP) is 11.3. The molecule has 0 aliphatic carbocycles. The van der Waals surface area contributed by atoms with Crippen molar-refractivity contribution >= 4 is 17.9 Å². The number of benzene rings is 3.